The Labute approximate surface area is 149 Å². The molecule has 0 radical (unpaired) electrons. The van der Waals surface area contributed by atoms with Crippen molar-refractivity contribution >= 4 is 33.4 Å². The van der Waals surface area contributed by atoms with Gasteiger partial charge in [0.25, 0.3) is 5.91 Å². The highest BCUT2D eigenvalue weighted by Crippen LogP contribution is 2.22. The number of anilines is 1. The molecular weight excluding hydrogens is 365 g/mol. The van der Waals surface area contributed by atoms with Gasteiger partial charge in [-0.3, -0.25) is 4.79 Å². The molecule has 134 valence electrons. The lowest BCUT2D eigenvalue weighted by molar-refractivity contribution is 0.102. The van der Waals surface area contributed by atoms with Crippen molar-refractivity contribution in [2.75, 3.05) is 29.9 Å². The number of hydrogen-bond donors (Lipinski definition) is 2. The molecule has 25 heavy (non-hydrogen) atoms. The van der Waals surface area contributed by atoms with Crippen LogP contribution in [0, 0.1) is 12.7 Å². The molecule has 2 N–H and O–H groups in total. The maximum Gasteiger partial charge on any atom is 0.272 e. The summed E-state index contributed by atoms with van der Waals surface area (Å²) in [6.07, 6.45) is 1.31. The molecule has 1 aromatic heterocycles. The van der Waals surface area contributed by atoms with Crippen molar-refractivity contribution in [3.05, 3.63) is 47.5 Å². The Balaban J connectivity index is 1.78. The fourth-order valence-corrected chi connectivity index (χ4v) is 5.08. The molecule has 0 atom stereocenters. The number of rotatable bonds is 4. The molecule has 1 amide bonds. The van der Waals surface area contributed by atoms with Crippen LogP contribution in [0.15, 0.2) is 35.4 Å². The highest BCUT2D eigenvalue weighted by Gasteiger charge is 2.27. The molecule has 1 aliphatic heterocycles. The SMILES string of the molecule is Cc1ccc(F)cc1NC(=O)c1cc(S(=O)(=O)N2CCSCC2)c[nH]1. The van der Waals surface area contributed by atoms with E-state index in [4.69, 9.17) is 0 Å². The summed E-state index contributed by atoms with van der Waals surface area (Å²) < 4.78 is 39.9. The van der Waals surface area contributed by atoms with Crippen LogP contribution in [0.25, 0.3) is 0 Å². The number of aromatic nitrogens is 1. The van der Waals surface area contributed by atoms with E-state index in [0.717, 1.165) is 11.5 Å². The number of H-pyrrole nitrogens is 1. The molecule has 6 nitrogen and oxygen atoms in total. The van der Waals surface area contributed by atoms with Crippen LogP contribution >= 0.6 is 11.8 Å². The van der Waals surface area contributed by atoms with Crippen molar-refractivity contribution in [1.82, 2.24) is 9.29 Å². The van der Waals surface area contributed by atoms with E-state index < -0.39 is 21.7 Å². The van der Waals surface area contributed by atoms with Crippen LogP contribution < -0.4 is 5.32 Å². The maximum atomic E-state index is 13.3. The highest BCUT2D eigenvalue weighted by atomic mass is 32.2. The summed E-state index contributed by atoms with van der Waals surface area (Å²) in [6, 6.07) is 5.39. The summed E-state index contributed by atoms with van der Waals surface area (Å²) in [5.41, 5.74) is 1.16. The average molecular weight is 383 g/mol. The monoisotopic (exact) mass is 383 g/mol. The van der Waals surface area contributed by atoms with E-state index in [1.54, 1.807) is 24.8 Å². The normalized spacial score (nSPS) is 15.9. The number of thioether (sulfide) groups is 1. The zero-order valence-corrected chi connectivity index (χ0v) is 15.2. The number of benzene rings is 1. The summed E-state index contributed by atoms with van der Waals surface area (Å²) in [4.78, 5) is 15.1. The minimum Gasteiger partial charge on any atom is -0.356 e. The number of nitrogens with zero attached hydrogens (tertiary/aromatic N) is 1. The lowest BCUT2D eigenvalue weighted by Crippen LogP contribution is -2.37. The molecule has 2 aromatic rings. The fraction of sp³-hybridized carbons (Fsp3) is 0.312. The molecule has 0 aliphatic carbocycles. The Morgan fingerprint density at radius 2 is 2.00 bits per heavy atom. The minimum absolute atomic E-state index is 0.0560. The number of aryl methyl sites for hydroxylation is 1. The molecule has 3 rings (SSSR count). The molecule has 0 bridgehead atoms. The van der Waals surface area contributed by atoms with Crippen LogP contribution in [-0.4, -0.2) is 48.2 Å². The molecule has 2 heterocycles. The summed E-state index contributed by atoms with van der Waals surface area (Å²) in [6.45, 7) is 2.67. The number of hydrogen-bond acceptors (Lipinski definition) is 4. The standard InChI is InChI=1S/C16H18FN3O3S2/c1-11-2-3-12(17)8-14(11)19-16(21)15-9-13(10-18-15)25(22,23)20-4-6-24-7-5-20/h2-3,8-10,18H,4-7H2,1H3,(H,19,21). The zero-order valence-electron chi connectivity index (χ0n) is 13.6. The lowest BCUT2D eigenvalue weighted by atomic mass is 10.2. The largest absolute Gasteiger partial charge is 0.356 e. The van der Waals surface area contributed by atoms with E-state index in [2.05, 4.69) is 10.3 Å². The van der Waals surface area contributed by atoms with Crippen LogP contribution in [0.1, 0.15) is 16.1 Å². The summed E-state index contributed by atoms with van der Waals surface area (Å²) >= 11 is 1.72. The molecule has 1 aliphatic rings. The van der Waals surface area contributed by atoms with E-state index in [1.165, 1.54) is 28.7 Å². The van der Waals surface area contributed by atoms with Gasteiger partial charge in [0.2, 0.25) is 10.0 Å². The summed E-state index contributed by atoms with van der Waals surface area (Å²) in [7, 11) is -3.61. The lowest BCUT2D eigenvalue weighted by Gasteiger charge is -2.24. The first-order valence-corrected chi connectivity index (χ1v) is 10.3. The van der Waals surface area contributed by atoms with E-state index >= 15 is 0 Å². The smallest absolute Gasteiger partial charge is 0.272 e. The predicted octanol–water partition coefficient (Wildman–Crippen LogP) is 2.45. The Morgan fingerprint density at radius 3 is 2.72 bits per heavy atom. The number of sulfonamides is 1. The third-order valence-corrected chi connectivity index (χ3v) is 6.78. The fourth-order valence-electron chi connectivity index (χ4n) is 2.51. The Hall–Kier alpha value is -1.84. The van der Waals surface area contributed by atoms with E-state index in [9.17, 15) is 17.6 Å². The van der Waals surface area contributed by atoms with Gasteiger partial charge in [0, 0.05) is 36.5 Å². The first-order chi connectivity index (χ1) is 11.9. The third kappa shape index (κ3) is 3.88. The van der Waals surface area contributed by atoms with Gasteiger partial charge in [0.15, 0.2) is 0 Å². The molecule has 0 saturated carbocycles. The van der Waals surface area contributed by atoms with Gasteiger partial charge in [0.05, 0.1) is 0 Å². The summed E-state index contributed by atoms with van der Waals surface area (Å²) in [5, 5.41) is 2.59. The van der Waals surface area contributed by atoms with Crippen LogP contribution in [-0.2, 0) is 10.0 Å². The predicted molar refractivity (Wildman–Crippen MR) is 96.0 cm³/mol. The second-order valence-electron chi connectivity index (χ2n) is 5.68. The van der Waals surface area contributed by atoms with Crippen molar-refractivity contribution in [2.24, 2.45) is 0 Å². The zero-order chi connectivity index (χ0) is 18.0. The maximum absolute atomic E-state index is 13.3. The van der Waals surface area contributed by atoms with Gasteiger partial charge in [-0.25, -0.2) is 12.8 Å². The second kappa shape index (κ2) is 7.19. The van der Waals surface area contributed by atoms with Gasteiger partial charge in [0.1, 0.15) is 16.4 Å². The van der Waals surface area contributed by atoms with E-state index in [1.807, 2.05) is 0 Å². The van der Waals surface area contributed by atoms with Gasteiger partial charge in [-0.1, -0.05) is 6.07 Å². The molecule has 9 heteroatoms. The molecule has 0 spiro atoms. The van der Waals surface area contributed by atoms with Crippen molar-refractivity contribution in [2.45, 2.75) is 11.8 Å². The van der Waals surface area contributed by atoms with Crippen LogP contribution in [0.2, 0.25) is 0 Å². The minimum atomic E-state index is -3.61. The average Bonchev–Trinajstić information content (AvgIpc) is 3.10. The van der Waals surface area contributed by atoms with Crippen molar-refractivity contribution in [1.29, 1.82) is 0 Å². The topological polar surface area (TPSA) is 82.3 Å². The first-order valence-electron chi connectivity index (χ1n) is 7.72. The number of aromatic amines is 1. The van der Waals surface area contributed by atoms with Gasteiger partial charge in [-0.15, -0.1) is 0 Å². The number of nitrogens with one attached hydrogen (secondary N) is 2. The molecule has 0 unspecified atom stereocenters. The van der Waals surface area contributed by atoms with Gasteiger partial charge in [-0.05, 0) is 30.7 Å². The van der Waals surface area contributed by atoms with E-state index in [0.29, 0.717) is 24.3 Å². The second-order valence-corrected chi connectivity index (χ2v) is 8.84. The Kier molecular flexibility index (Phi) is 5.16. The van der Waals surface area contributed by atoms with Crippen molar-refractivity contribution in [3.63, 3.8) is 0 Å². The van der Waals surface area contributed by atoms with Gasteiger partial charge >= 0.3 is 0 Å². The van der Waals surface area contributed by atoms with Crippen LogP contribution in [0.3, 0.4) is 0 Å². The number of amides is 1. The van der Waals surface area contributed by atoms with E-state index in [-0.39, 0.29) is 10.6 Å². The number of halogens is 1. The highest BCUT2D eigenvalue weighted by molar-refractivity contribution is 7.99. The molecular formula is C16H18FN3O3S2. The Bertz CT molecular complexity index is 890. The Morgan fingerprint density at radius 1 is 1.28 bits per heavy atom. The first kappa shape index (κ1) is 18.0. The molecule has 1 saturated heterocycles. The molecule has 1 fully saturated rings. The van der Waals surface area contributed by atoms with Gasteiger partial charge in [-0.2, -0.15) is 16.1 Å². The number of carbonyl (C=O) groups excluding carboxylic acids is 1. The third-order valence-electron chi connectivity index (χ3n) is 3.96. The van der Waals surface area contributed by atoms with Crippen LogP contribution in [0.4, 0.5) is 10.1 Å². The summed E-state index contributed by atoms with van der Waals surface area (Å²) in [5.74, 6) is 0.536. The van der Waals surface area contributed by atoms with Gasteiger partial charge < -0.3 is 10.3 Å². The van der Waals surface area contributed by atoms with Crippen molar-refractivity contribution in [3.8, 4) is 0 Å². The number of carbonyl (C=O) groups is 1. The quantitative estimate of drug-likeness (QED) is 0.850. The van der Waals surface area contributed by atoms with Crippen LogP contribution in [0.5, 0.6) is 0 Å². The van der Waals surface area contributed by atoms with Crippen molar-refractivity contribution < 1.29 is 17.6 Å². The molecule has 1 aromatic carbocycles.